The van der Waals surface area contributed by atoms with Gasteiger partial charge in [-0.05, 0) is 12.5 Å². The molecular weight excluding hydrogens is 342 g/mol. The number of hydrogen-bond donors (Lipinski definition) is 3. The minimum atomic E-state index is -1.20. The Balaban J connectivity index is 1.91. The normalized spacial score (nSPS) is 27.9. The minimum Gasteiger partial charge on any atom is -0.477 e. The Bertz CT molecular complexity index is 661. The standard InChI is InChI=1S/C13H15N3O5S2/c1-5(18)8-9-6(2-17)7(3-22-13-15-14-4-23-13)10(12(20)21)16(9)11(8)19/h4-6,8-9,17-18H,2-3H2,1H3,(H,20,21)/t5-,6+,8-,9-/m1/s1. The predicted octanol–water partition coefficient (Wildman–Crippen LogP) is -0.201. The second-order valence-electron chi connectivity index (χ2n) is 5.43. The highest BCUT2D eigenvalue weighted by Crippen LogP contribution is 2.48. The number of aliphatic carboxylic acids is 1. The van der Waals surface area contributed by atoms with Gasteiger partial charge >= 0.3 is 5.97 Å². The molecule has 124 valence electrons. The highest BCUT2D eigenvalue weighted by atomic mass is 32.2. The molecule has 1 fully saturated rings. The summed E-state index contributed by atoms with van der Waals surface area (Å²) in [6.07, 6.45) is -0.886. The number of thioether (sulfide) groups is 1. The van der Waals surface area contributed by atoms with Crippen molar-refractivity contribution < 1.29 is 24.9 Å². The van der Waals surface area contributed by atoms with Crippen LogP contribution < -0.4 is 0 Å². The van der Waals surface area contributed by atoms with Crippen molar-refractivity contribution in [2.75, 3.05) is 12.4 Å². The quantitative estimate of drug-likeness (QED) is 0.472. The number of β-lactam (4-membered cyclic amide) rings is 1. The number of amides is 1. The summed E-state index contributed by atoms with van der Waals surface area (Å²) in [7, 11) is 0. The largest absolute Gasteiger partial charge is 0.477 e. The van der Waals surface area contributed by atoms with Crippen LogP contribution in [0.2, 0.25) is 0 Å². The van der Waals surface area contributed by atoms with Crippen molar-refractivity contribution >= 4 is 35.0 Å². The monoisotopic (exact) mass is 357 g/mol. The summed E-state index contributed by atoms with van der Waals surface area (Å²) in [5.41, 5.74) is 2.00. The molecule has 23 heavy (non-hydrogen) atoms. The van der Waals surface area contributed by atoms with Crippen molar-refractivity contribution in [2.24, 2.45) is 11.8 Å². The second-order valence-corrected chi connectivity index (χ2v) is 7.48. The predicted molar refractivity (Wildman–Crippen MR) is 81.7 cm³/mol. The zero-order chi connectivity index (χ0) is 16.7. The van der Waals surface area contributed by atoms with Crippen LogP contribution in [0.3, 0.4) is 0 Å². The van der Waals surface area contributed by atoms with Crippen molar-refractivity contribution in [1.82, 2.24) is 15.1 Å². The van der Waals surface area contributed by atoms with Crippen molar-refractivity contribution in [3.63, 3.8) is 0 Å². The van der Waals surface area contributed by atoms with E-state index in [2.05, 4.69) is 10.2 Å². The van der Waals surface area contributed by atoms with Crippen LogP contribution in [0.4, 0.5) is 0 Å². The Morgan fingerprint density at radius 2 is 2.30 bits per heavy atom. The number of aliphatic hydroxyl groups is 2. The average Bonchev–Trinajstić information content (AvgIpc) is 3.08. The van der Waals surface area contributed by atoms with E-state index in [1.165, 1.54) is 34.9 Å². The van der Waals surface area contributed by atoms with Crippen LogP contribution in [-0.4, -0.2) is 66.8 Å². The van der Waals surface area contributed by atoms with E-state index < -0.39 is 35.9 Å². The van der Waals surface area contributed by atoms with Gasteiger partial charge in [-0.1, -0.05) is 23.1 Å². The molecule has 10 heteroatoms. The number of fused-ring (bicyclic) bond motifs is 1. The maximum atomic E-state index is 12.2. The molecule has 0 saturated carbocycles. The zero-order valence-electron chi connectivity index (χ0n) is 12.1. The number of carbonyl (C=O) groups excluding carboxylic acids is 1. The zero-order valence-corrected chi connectivity index (χ0v) is 13.8. The highest BCUT2D eigenvalue weighted by Gasteiger charge is 2.60. The number of aromatic nitrogens is 2. The summed E-state index contributed by atoms with van der Waals surface area (Å²) >= 11 is 2.66. The van der Waals surface area contributed by atoms with E-state index in [9.17, 15) is 24.9 Å². The lowest BCUT2D eigenvalue weighted by molar-refractivity contribution is -0.164. The summed E-state index contributed by atoms with van der Waals surface area (Å²) in [5.74, 6) is -2.47. The van der Waals surface area contributed by atoms with Crippen LogP contribution in [-0.2, 0) is 9.59 Å². The molecule has 0 unspecified atom stereocenters. The molecule has 0 radical (unpaired) electrons. The van der Waals surface area contributed by atoms with E-state index in [0.717, 1.165) is 0 Å². The number of hydrogen-bond acceptors (Lipinski definition) is 8. The van der Waals surface area contributed by atoms with E-state index >= 15 is 0 Å². The SMILES string of the molecule is C[C@@H](O)[C@H]1C(=O)N2C(C(=O)O)=C(CSc3nncs3)[C@H](CO)[C@H]12. The molecule has 0 bridgehead atoms. The summed E-state index contributed by atoms with van der Waals surface area (Å²) in [6.45, 7) is 1.23. The third-order valence-corrected chi connectivity index (χ3v) is 6.11. The lowest BCUT2D eigenvalue weighted by Crippen LogP contribution is -2.64. The number of carboxylic acids is 1. The smallest absolute Gasteiger partial charge is 0.352 e. The van der Waals surface area contributed by atoms with Crippen LogP contribution in [0.15, 0.2) is 21.1 Å². The van der Waals surface area contributed by atoms with E-state index in [0.29, 0.717) is 15.7 Å². The molecule has 0 spiro atoms. The number of carbonyl (C=O) groups is 2. The summed E-state index contributed by atoms with van der Waals surface area (Å²) in [4.78, 5) is 25.0. The maximum absolute atomic E-state index is 12.2. The van der Waals surface area contributed by atoms with Crippen LogP contribution in [0, 0.1) is 11.8 Å². The third kappa shape index (κ3) is 2.55. The first-order chi connectivity index (χ1) is 11.0. The van der Waals surface area contributed by atoms with Gasteiger partial charge in [-0.15, -0.1) is 10.2 Å². The molecule has 2 aliphatic heterocycles. The maximum Gasteiger partial charge on any atom is 0.352 e. The molecule has 1 aromatic rings. The van der Waals surface area contributed by atoms with E-state index in [-0.39, 0.29) is 12.3 Å². The number of nitrogens with zero attached hydrogens (tertiary/aromatic N) is 3. The van der Waals surface area contributed by atoms with Gasteiger partial charge in [0.1, 0.15) is 11.2 Å². The average molecular weight is 357 g/mol. The Labute approximate surface area is 139 Å². The van der Waals surface area contributed by atoms with Gasteiger partial charge in [0.05, 0.1) is 24.7 Å². The molecule has 8 nitrogen and oxygen atoms in total. The molecule has 1 amide bonds. The number of rotatable bonds is 6. The van der Waals surface area contributed by atoms with Crippen molar-refractivity contribution in [3.8, 4) is 0 Å². The fraction of sp³-hybridized carbons (Fsp3) is 0.538. The van der Waals surface area contributed by atoms with Gasteiger partial charge in [-0.2, -0.15) is 0 Å². The molecule has 0 aromatic carbocycles. The molecule has 1 saturated heterocycles. The van der Waals surface area contributed by atoms with Gasteiger partial charge < -0.3 is 20.2 Å². The van der Waals surface area contributed by atoms with E-state index in [4.69, 9.17) is 0 Å². The van der Waals surface area contributed by atoms with Crippen LogP contribution in [0.5, 0.6) is 0 Å². The van der Waals surface area contributed by atoms with Crippen molar-refractivity contribution in [2.45, 2.75) is 23.4 Å². The summed E-state index contributed by atoms with van der Waals surface area (Å²) < 4.78 is 0.687. The van der Waals surface area contributed by atoms with Gasteiger partial charge in [-0.3, -0.25) is 4.79 Å². The van der Waals surface area contributed by atoms with Gasteiger partial charge in [-0.25, -0.2) is 4.79 Å². The van der Waals surface area contributed by atoms with Crippen molar-refractivity contribution in [1.29, 1.82) is 0 Å². The van der Waals surface area contributed by atoms with Crippen LogP contribution in [0.25, 0.3) is 0 Å². The number of aliphatic hydroxyl groups excluding tert-OH is 2. The topological polar surface area (TPSA) is 124 Å². The molecule has 4 atom stereocenters. The summed E-state index contributed by atoms with van der Waals surface area (Å²) in [5, 5.41) is 36.6. The minimum absolute atomic E-state index is 0.0760. The van der Waals surface area contributed by atoms with Crippen molar-refractivity contribution in [3.05, 3.63) is 16.8 Å². The lowest BCUT2D eigenvalue weighted by atomic mass is 9.77. The molecule has 3 heterocycles. The Hall–Kier alpha value is -1.49. The number of carboxylic acid groups (broad SMARTS) is 1. The fourth-order valence-corrected chi connectivity index (χ4v) is 4.84. The lowest BCUT2D eigenvalue weighted by Gasteiger charge is -2.46. The highest BCUT2D eigenvalue weighted by molar-refractivity contribution is 8.01. The first kappa shape index (κ1) is 16.4. The third-order valence-electron chi connectivity index (χ3n) is 4.20. The Morgan fingerprint density at radius 1 is 1.57 bits per heavy atom. The van der Waals surface area contributed by atoms with Gasteiger partial charge in [0.25, 0.3) is 0 Å². The molecular formula is C13H15N3O5S2. The van der Waals surface area contributed by atoms with Crippen LogP contribution in [0.1, 0.15) is 6.92 Å². The molecule has 0 aliphatic carbocycles. The molecule has 2 aliphatic rings. The van der Waals surface area contributed by atoms with Gasteiger partial charge in [0.15, 0.2) is 4.34 Å². The van der Waals surface area contributed by atoms with Gasteiger partial charge in [0.2, 0.25) is 5.91 Å². The Morgan fingerprint density at radius 3 is 2.83 bits per heavy atom. The van der Waals surface area contributed by atoms with Gasteiger partial charge in [0, 0.05) is 11.7 Å². The first-order valence-electron chi connectivity index (χ1n) is 6.94. The first-order valence-corrected chi connectivity index (χ1v) is 8.81. The van der Waals surface area contributed by atoms with Crippen LogP contribution >= 0.6 is 23.1 Å². The second kappa shape index (κ2) is 6.19. The van der Waals surface area contributed by atoms with E-state index in [1.807, 2.05) is 0 Å². The Kier molecular flexibility index (Phi) is 4.41. The molecule has 3 rings (SSSR count). The molecule has 3 N–H and O–H groups in total. The summed E-state index contributed by atoms with van der Waals surface area (Å²) in [6, 6.07) is -0.497. The fourth-order valence-electron chi connectivity index (χ4n) is 3.25. The molecule has 1 aromatic heterocycles. The van der Waals surface area contributed by atoms with E-state index in [1.54, 1.807) is 5.51 Å².